The van der Waals surface area contributed by atoms with Crippen LogP contribution < -0.4 is 5.73 Å². The first-order chi connectivity index (χ1) is 7.24. The Morgan fingerprint density at radius 3 is 2.20 bits per heavy atom. The average molecular weight is 210 g/mol. The fourth-order valence-electron chi connectivity index (χ4n) is 1.09. The van der Waals surface area contributed by atoms with Gasteiger partial charge in [-0.1, -0.05) is 26.0 Å². The Kier molecular flexibility index (Phi) is 7.18. The third-order valence-corrected chi connectivity index (χ3v) is 1.82. The van der Waals surface area contributed by atoms with Gasteiger partial charge in [0.2, 0.25) is 0 Å². The Morgan fingerprint density at radius 1 is 1.27 bits per heavy atom. The second-order valence-corrected chi connectivity index (χ2v) is 2.82. The van der Waals surface area contributed by atoms with Gasteiger partial charge in [-0.3, -0.25) is 10.1 Å². The van der Waals surface area contributed by atoms with E-state index in [2.05, 4.69) is 0 Å². The molecule has 1 rings (SSSR count). The van der Waals surface area contributed by atoms with Gasteiger partial charge >= 0.3 is 0 Å². The quantitative estimate of drug-likeness (QED) is 0.613. The first kappa shape index (κ1) is 13.6. The largest absolute Gasteiger partial charge is 0.330 e. The zero-order valence-corrected chi connectivity index (χ0v) is 9.27. The predicted molar refractivity (Wildman–Crippen MR) is 61.8 cm³/mol. The first-order valence-corrected chi connectivity index (χ1v) is 5.17. The van der Waals surface area contributed by atoms with Gasteiger partial charge in [0.05, 0.1) is 4.92 Å². The number of aryl methyl sites for hydroxylation is 1. The van der Waals surface area contributed by atoms with Crippen LogP contribution in [0.25, 0.3) is 0 Å². The second kappa shape index (κ2) is 7.94. The van der Waals surface area contributed by atoms with Crippen molar-refractivity contribution in [1.29, 1.82) is 0 Å². The van der Waals surface area contributed by atoms with Crippen LogP contribution in [0, 0.1) is 10.1 Å². The molecule has 1 aromatic carbocycles. The molecule has 0 aliphatic heterocycles. The average Bonchev–Trinajstić information content (AvgIpc) is 2.29. The van der Waals surface area contributed by atoms with Crippen molar-refractivity contribution in [1.82, 2.24) is 0 Å². The lowest BCUT2D eigenvalue weighted by molar-refractivity contribution is -0.384. The molecule has 84 valence electrons. The van der Waals surface area contributed by atoms with Gasteiger partial charge in [-0.15, -0.1) is 0 Å². The molecule has 0 fully saturated rings. The molecule has 0 amide bonds. The molecular weight excluding hydrogens is 192 g/mol. The Hall–Kier alpha value is -1.42. The van der Waals surface area contributed by atoms with Gasteiger partial charge < -0.3 is 5.73 Å². The Labute approximate surface area is 90.3 Å². The Bertz CT molecular complexity index is 283. The topological polar surface area (TPSA) is 69.2 Å². The standard InChI is InChI=1S/C9H12N2O2.C2H6/c10-7-1-2-8-3-5-9(6-4-8)11(12)13;1-2/h3-6H,1-2,7,10H2;1-2H3. The molecule has 0 aromatic heterocycles. The highest BCUT2D eigenvalue weighted by Crippen LogP contribution is 2.12. The number of nitrogens with zero attached hydrogens (tertiary/aromatic N) is 1. The smallest absolute Gasteiger partial charge is 0.269 e. The molecule has 4 nitrogen and oxygen atoms in total. The lowest BCUT2D eigenvalue weighted by Gasteiger charge is -1.98. The zero-order valence-electron chi connectivity index (χ0n) is 9.27. The highest BCUT2D eigenvalue weighted by Gasteiger charge is 2.02. The summed E-state index contributed by atoms with van der Waals surface area (Å²) in [5, 5.41) is 10.3. The van der Waals surface area contributed by atoms with Crippen LogP contribution in [0.3, 0.4) is 0 Å². The maximum absolute atomic E-state index is 10.3. The molecule has 0 unspecified atom stereocenters. The molecule has 0 heterocycles. The van der Waals surface area contributed by atoms with Crippen LogP contribution in [0.5, 0.6) is 0 Å². The van der Waals surface area contributed by atoms with Crippen LogP contribution in [0.1, 0.15) is 25.8 Å². The zero-order chi connectivity index (χ0) is 11.7. The van der Waals surface area contributed by atoms with Crippen molar-refractivity contribution in [2.45, 2.75) is 26.7 Å². The third kappa shape index (κ3) is 5.12. The molecule has 0 atom stereocenters. The van der Waals surface area contributed by atoms with Crippen LogP contribution in [0.15, 0.2) is 24.3 Å². The minimum absolute atomic E-state index is 0.136. The van der Waals surface area contributed by atoms with Gasteiger partial charge in [0.25, 0.3) is 5.69 Å². The van der Waals surface area contributed by atoms with Crippen molar-refractivity contribution >= 4 is 5.69 Å². The summed E-state index contributed by atoms with van der Waals surface area (Å²) in [5.41, 5.74) is 6.58. The lowest BCUT2D eigenvalue weighted by Crippen LogP contribution is -2.00. The van der Waals surface area contributed by atoms with Crippen molar-refractivity contribution in [3.8, 4) is 0 Å². The molecule has 0 aliphatic carbocycles. The highest BCUT2D eigenvalue weighted by atomic mass is 16.6. The summed E-state index contributed by atoms with van der Waals surface area (Å²) in [5.74, 6) is 0. The van der Waals surface area contributed by atoms with Crippen molar-refractivity contribution in [3.05, 3.63) is 39.9 Å². The molecule has 2 N–H and O–H groups in total. The fourth-order valence-corrected chi connectivity index (χ4v) is 1.09. The van der Waals surface area contributed by atoms with E-state index in [1.165, 1.54) is 12.1 Å². The lowest BCUT2D eigenvalue weighted by atomic mass is 10.1. The summed E-state index contributed by atoms with van der Waals surface area (Å²) in [6, 6.07) is 6.58. The molecule has 0 bridgehead atoms. The molecule has 0 radical (unpaired) electrons. The fraction of sp³-hybridized carbons (Fsp3) is 0.455. The second-order valence-electron chi connectivity index (χ2n) is 2.82. The Morgan fingerprint density at radius 2 is 1.80 bits per heavy atom. The number of nitro groups is 1. The van der Waals surface area contributed by atoms with Gasteiger partial charge in [0.1, 0.15) is 0 Å². The predicted octanol–water partition coefficient (Wildman–Crippen LogP) is 2.51. The first-order valence-electron chi connectivity index (χ1n) is 5.17. The van der Waals surface area contributed by atoms with E-state index in [4.69, 9.17) is 5.73 Å². The van der Waals surface area contributed by atoms with Gasteiger partial charge in [0.15, 0.2) is 0 Å². The van der Waals surface area contributed by atoms with Gasteiger partial charge in [-0.05, 0) is 24.9 Å². The van der Waals surface area contributed by atoms with E-state index in [9.17, 15) is 10.1 Å². The number of rotatable bonds is 4. The minimum atomic E-state index is -0.396. The van der Waals surface area contributed by atoms with Crippen LogP contribution >= 0.6 is 0 Å². The molecule has 1 aromatic rings. The molecule has 0 spiro atoms. The van der Waals surface area contributed by atoms with Gasteiger partial charge in [0, 0.05) is 12.1 Å². The van der Waals surface area contributed by atoms with E-state index in [1.54, 1.807) is 12.1 Å². The number of hydrogen-bond acceptors (Lipinski definition) is 3. The molecule has 0 saturated carbocycles. The monoisotopic (exact) mass is 210 g/mol. The molecule has 15 heavy (non-hydrogen) atoms. The summed E-state index contributed by atoms with van der Waals surface area (Å²) >= 11 is 0. The van der Waals surface area contributed by atoms with Crippen molar-refractivity contribution in [2.24, 2.45) is 5.73 Å². The number of nitrogens with two attached hydrogens (primary N) is 1. The number of hydrogen-bond donors (Lipinski definition) is 1. The van der Waals surface area contributed by atoms with Crippen molar-refractivity contribution < 1.29 is 4.92 Å². The van der Waals surface area contributed by atoms with E-state index < -0.39 is 4.92 Å². The summed E-state index contributed by atoms with van der Waals surface area (Å²) < 4.78 is 0. The Balaban J connectivity index is 0.000000921. The van der Waals surface area contributed by atoms with Crippen LogP contribution in [-0.4, -0.2) is 11.5 Å². The maximum atomic E-state index is 10.3. The SMILES string of the molecule is CC.NCCCc1ccc([N+](=O)[O-])cc1. The van der Waals surface area contributed by atoms with E-state index >= 15 is 0 Å². The number of non-ortho nitro benzene ring substituents is 1. The van der Waals surface area contributed by atoms with E-state index in [-0.39, 0.29) is 5.69 Å². The van der Waals surface area contributed by atoms with E-state index in [0.717, 1.165) is 18.4 Å². The minimum Gasteiger partial charge on any atom is -0.330 e. The number of nitro benzene ring substituents is 1. The summed E-state index contributed by atoms with van der Waals surface area (Å²) in [7, 11) is 0. The summed E-state index contributed by atoms with van der Waals surface area (Å²) in [6.45, 7) is 4.65. The summed E-state index contributed by atoms with van der Waals surface area (Å²) in [6.07, 6.45) is 1.80. The molecule has 0 aliphatic rings. The van der Waals surface area contributed by atoms with Crippen molar-refractivity contribution in [3.63, 3.8) is 0 Å². The molecular formula is C11H18N2O2. The van der Waals surface area contributed by atoms with Crippen LogP contribution in [0.4, 0.5) is 5.69 Å². The van der Waals surface area contributed by atoms with Crippen LogP contribution in [-0.2, 0) is 6.42 Å². The summed E-state index contributed by atoms with van der Waals surface area (Å²) in [4.78, 5) is 9.92. The highest BCUT2D eigenvalue weighted by molar-refractivity contribution is 5.32. The van der Waals surface area contributed by atoms with Crippen molar-refractivity contribution in [2.75, 3.05) is 6.54 Å². The van der Waals surface area contributed by atoms with Crippen LogP contribution in [0.2, 0.25) is 0 Å². The van der Waals surface area contributed by atoms with E-state index in [1.807, 2.05) is 13.8 Å². The van der Waals surface area contributed by atoms with Gasteiger partial charge in [-0.25, -0.2) is 0 Å². The maximum Gasteiger partial charge on any atom is 0.269 e. The molecule has 0 saturated heterocycles. The van der Waals surface area contributed by atoms with E-state index in [0.29, 0.717) is 6.54 Å². The van der Waals surface area contributed by atoms with Gasteiger partial charge in [-0.2, -0.15) is 0 Å². The third-order valence-electron chi connectivity index (χ3n) is 1.82. The molecule has 4 heteroatoms. The normalized spacial score (nSPS) is 9.00. The number of benzene rings is 1.